The number of nitrogens with zero attached hydrogens (tertiary/aromatic N) is 3. The van der Waals surface area contributed by atoms with Gasteiger partial charge in [0.15, 0.2) is 0 Å². The lowest BCUT2D eigenvalue weighted by Crippen LogP contribution is -2.58. The van der Waals surface area contributed by atoms with E-state index in [4.69, 9.17) is 10.5 Å². The number of aliphatic hydroxyl groups excluding tert-OH is 1. The summed E-state index contributed by atoms with van der Waals surface area (Å²) >= 11 is 0. The first kappa shape index (κ1) is 35.6. The van der Waals surface area contributed by atoms with Crippen LogP contribution in [0.15, 0.2) is 103 Å². The molecule has 0 radical (unpaired) electrons. The van der Waals surface area contributed by atoms with E-state index in [2.05, 4.69) is 10.3 Å². The minimum Gasteiger partial charge on any atom is -0.481 e. The number of aromatic nitrogens is 1. The highest BCUT2D eigenvalue weighted by molar-refractivity contribution is 5.89. The number of benzene rings is 3. The molecule has 1 aliphatic heterocycles. The molecule has 9 nitrogen and oxygen atoms in total. The number of hydrogen-bond acceptors (Lipinski definition) is 6. The largest absolute Gasteiger partial charge is 0.481 e. The third-order valence-corrected chi connectivity index (χ3v) is 9.04. The quantitative estimate of drug-likeness (QED) is 0.165. The van der Waals surface area contributed by atoms with E-state index in [9.17, 15) is 14.7 Å². The zero-order valence-electron chi connectivity index (χ0n) is 29.0. The summed E-state index contributed by atoms with van der Waals surface area (Å²) in [7, 11) is 1.60. The zero-order chi connectivity index (χ0) is 35.0. The van der Waals surface area contributed by atoms with E-state index in [1.165, 1.54) is 0 Å². The number of amides is 3. The van der Waals surface area contributed by atoms with Crippen LogP contribution in [-0.2, 0) is 24.2 Å². The highest BCUT2D eigenvalue weighted by atomic mass is 16.5. The Morgan fingerprint density at radius 2 is 1.51 bits per heavy atom. The molecule has 1 saturated heterocycles. The minimum absolute atomic E-state index is 0.158. The number of carbonyl (C=O) groups excluding carboxylic acids is 2. The van der Waals surface area contributed by atoms with Crippen molar-refractivity contribution >= 4 is 11.9 Å². The second kappa shape index (κ2) is 16.1. The maximum absolute atomic E-state index is 14.2. The third kappa shape index (κ3) is 9.46. The summed E-state index contributed by atoms with van der Waals surface area (Å²) in [6.45, 7) is 7.39. The lowest BCUT2D eigenvalue weighted by molar-refractivity contribution is -0.130. The Bertz CT molecular complexity index is 1660. The second-order valence-corrected chi connectivity index (χ2v) is 14.0. The van der Waals surface area contributed by atoms with Crippen molar-refractivity contribution < 1.29 is 19.4 Å². The van der Waals surface area contributed by atoms with E-state index < -0.39 is 23.6 Å². The van der Waals surface area contributed by atoms with Gasteiger partial charge in [0.2, 0.25) is 11.8 Å². The first-order valence-corrected chi connectivity index (χ1v) is 17.0. The monoisotopic (exact) mass is 663 g/mol. The smallest absolute Gasteiger partial charge is 0.321 e. The number of aliphatic hydroxyl groups is 1. The van der Waals surface area contributed by atoms with Crippen LogP contribution in [0, 0.1) is 5.41 Å². The predicted molar refractivity (Wildman–Crippen MR) is 193 cm³/mol. The van der Waals surface area contributed by atoms with Crippen LogP contribution in [0.5, 0.6) is 5.88 Å². The van der Waals surface area contributed by atoms with Crippen molar-refractivity contribution in [3.05, 3.63) is 120 Å². The predicted octanol–water partition coefficient (Wildman–Crippen LogP) is 5.46. The first-order chi connectivity index (χ1) is 23.5. The zero-order valence-corrected chi connectivity index (χ0v) is 29.0. The molecule has 2 heterocycles. The number of urea groups is 1. The van der Waals surface area contributed by atoms with Gasteiger partial charge < -0.3 is 30.7 Å². The molecule has 258 valence electrons. The van der Waals surface area contributed by atoms with Crippen LogP contribution in [-0.4, -0.2) is 76.3 Å². The summed E-state index contributed by atoms with van der Waals surface area (Å²) in [6.07, 6.45) is 0.348. The van der Waals surface area contributed by atoms with Gasteiger partial charge in [0.05, 0.1) is 24.9 Å². The van der Waals surface area contributed by atoms with Crippen molar-refractivity contribution in [2.24, 2.45) is 11.1 Å². The van der Waals surface area contributed by atoms with Crippen molar-refractivity contribution in [2.45, 2.75) is 70.8 Å². The van der Waals surface area contributed by atoms with Gasteiger partial charge in [0, 0.05) is 37.3 Å². The maximum Gasteiger partial charge on any atom is 0.321 e. The maximum atomic E-state index is 14.2. The highest BCUT2D eigenvalue weighted by Crippen LogP contribution is 2.29. The van der Waals surface area contributed by atoms with Crippen LogP contribution in [0.25, 0.3) is 11.3 Å². The number of nitrogens with two attached hydrogens (primary N) is 1. The van der Waals surface area contributed by atoms with Gasteiger partial charge in [-0.2, -0.15) is 0 Å². The minimum atomic E-state index is -0.913. The number of methoxy groups -OCH3 is 1. The van der Waals surface area contributed by atoms with E-state index in [0.29, 0.717) is 38.4 Å². The average Bonchev–Trinajstić information content (AvgIpc) is 3.43. The summed E-state index contributed by atoms with van der Waals surface area (Å²) in [4.78, 5) is 35.8. The van der Waals surface area contributed by atoms with Gasteiger partial charge in [-0.05, 0) is 47.4 Å². The fraction of sp³-hybridized carbons (Fsp3) is 0.375. The lowest BCUT2D eigenvalue weighted by atomic mass is 9.84. The van der Waals surface area contributed by atoms with Crippen molar-refractivity contribution in [2.75, 3.05) is 20.2 Å². The van der Waals surface area contributed by atoms with E-state index in [0.717, 1.165) is 27.9 Å². The molecule has 9 heteroatoms. The number of rotatable bonds is 14. The molecular weight excluding hydrogens is 614 g/mol. The van der Waals surface area contributed by atoms with Crippen molar-refractivity contribution in [1.29, 1.82) is 0 Å². The third-order valence-electron chi connectivity index (χ3n) is 9.04. The van der Waals surface area contributed by atoms with Crippen LogP contribution in [0.3, 0.4) is 0 Å². The number of hydrogen-bond donors (Lipinski definition) is 3. The first-order valence-electron chi connectivity index (χ1n) is 17.0. The fourth-order valence-corrected chi connectivity index (χ4v) is 6.57. The van der Waals surface area contributed by atoms with Crippen molar-refractivity contribution in [3.63, 3.8) is 0 Å². The van der Waals surface area contributed by atoms with Crippen LogP contribution < -0.4 is 15.8 Å². The Labute approximate surface area is 290 Å². The summed E-state index contributed by atoms with van der Waals surface area (Å²) in [5.74, 6) is 0.276. The van der Waals surface area contributed by atoms with Gasteiger partial charge in [-0.25, -0.2) is 9.78 Å². The summed E-state index contributed by atoms with van der Waals surface area (Å²) in [5.41, 5.74) is 10.9. The molecule has 0 bridgehead atoms. The van der Waals surface area contributed by atoms with Crippen LogP contribution in [0.1, 0.15) is 43.9 Å². The van der Waals surface area contributed by atoms with Crippen molar-refractivity contribution in [3.8, 4) is 17.1 Å². The lowest BCUT2D eigenvalue weighted by Gasteiger charge is -2.38. The van der Waals surface area contributed by atoms with Crippen LogP contribution >= 0.6 is 0 Å². The molecule has 4 N–H and O–H groups in total. The summed E-state index contributed by atoms with van der Waals surface area (Å²) in [6, 6.07) is 31.5. The Morgan fingerprint density at radius 3 is 2.14 bits per heavy atom. The molecule has 49 heavy (non-hydrogen) atoms. The molecule has 1 aromatic heterocycles. The van der Waals surface area contributed by atoms with Gasteiger partial charge in [0.1, 0.15) is 6.04 Å². The molecule has 3 amide bonds. The van der Waals surface area contributed by atoms with E-state index in [-0.39, 0.29) is 24.4 Å². The van der Waals surface area contributed by atoms with Gasteiger partial charge in [-0.1, -0.05) is 112 Å². The molecule has 0 aliphatic carbocycles. The summed E-state index contributed by atoms with van der Waals surface area (Å²) < 4.78 is 5.26. The van der Waals surface area contributed by atoms with E-state index in [1.54, 1.807) is 16.9 Å². The highest BCUT2D eigenvalue weighted by Gasteiger charge is 2.44. The molecule has 0 unspecified atom stereocenters. The number of nitrogens with one attached hydrogen (secondary N) is 1. The van der Waals surface area contributed by atoms with Gasteiger partial charge in [-0.15, -0.1) is 0 Å². The van der Waals surface area contributed by atoms with Gasteiger partial charge in [0.25, 0.3) is 0 Å². The molecule has 1 fully saturated rings. The van der Waals surface area contributed by atoms with E-state index in [1.807, 2.05) is 124 Å². The van der Waals surface area contributed by atoms with Gasteiger partial charge >= 0.3 is 6.03 Å². The van der Waals surface area contributed by atoms with Crippen molar-refractivity contribution in [1.82, 2.24) is 20.1 Å². The Morgan fingerprint density at radius 1 is 0.878 bits per heavy atom. The topological polar surface area (TPSA) is 121 Å². The standard InChI is InChI=1S/C40H49N5O4/c1-40(2,3)37(45-23-22-44(39(45)48)27-30-14-9-6-10-15-30)38(47)43-34(25-28-12-7-5-8-13-28)35(46)26-32(41)24-29-18-20-31(21-19-29)33-16-11-17-36(42-33)49-4/h5-21,32,34-35,37,46H,22-27,41H2,1-4H3,(H,43,47)/t32-,34-,35+,37+/m0/s1. The molecule has 5 rings (SSSR count). The van der Waals surface area contributed by atoms with Gasteiger partial charge in [-0.3, -0.25) is 4.79 Å². The second-order valence-electron chi connectivity index (χ2n) is 14.0. The molecule has 0 spiro atoms. The number of ether oxygens (including phenoxy) is 1. The van der Waals surface area contributed by atoms with Crippen LogP contribution in [0.2, 0.25) is 0 Å². The van der Waals surface area contributed by atoms with Crippen LogP contribution in [0.4, 0.5) is 4.79 Å². The Hall–Kier alpha value is -4.73. The molecule has 4 aromatic rings. The molecule has 4 atom stereocenters. The normalized spacial score (nSPS) is 15.8. The number of carbonyl (C=O) groups is 2. The summed E-state index contributed by atoms with van der Waals surface area (Å²) in [5, 5.41) is 14.8. The molecular formula is C40H49N5O4. The Kier molecular flexibility index (Phi) is 11.7. The number of pyridine rings is 1. The molecule has 0 saturated carbocycles. The fourth-order valence-electron chi connectivity index (χ4n) is 6.57. The van der Waals surface area contributed by atoms with E-state index >= 15 is 0 Å². The Balaban J connectivity index is 1.27. The molecule has 1 aliphatic rings. The average molecular weight is 664 g/mol. The molecule has 3 aromatic carbocycles. The SMILES string of the molecule is COc1cccc(-c2ccc(C[C@H](N)C[C@@H](O)[C@H](Cc3ccccc3)NC(=O)[C@@H](N3CCN(Cc4ccccc4)C3=O)C(C)(C)C)cc2)n1.